The second kappa shape index (κ2) is 61.4. The highest BCUT2D eigenvalue weighted by Gasteiger charge is 2.19. The van der Waals surface area contributed by atoms with Crippen LogP contribution in [0, 0.1) is 0 Å². The van der Waals surface area contributed by atoms with Gasteiger partial charge >= 0.3 is 17.9 Å². The molecule has 0 fully saturated rings. The van der Waals surface area contributed by atoms with E-state index in [0.717, 1.165) is 70.6 Å². The molecule has 0 aromatic rings. The largest absolute Gasteiger partial charge is 0.462 e. The molecule has 1 atom stereocenters. The van der Waals surface area contributed by atoms with Crippen LogP contribution in [0.4, 0.5) is 0 Å². The molecule has 0 spiro atoms. The van der Waals surface area contributed by atoms with Gasteiger partial charge in [0.25, 0.3) is 0 Å². The summed E-state index contributed by atoms with van der Waals surface area (Å²) in [6.07, 6.45) is 73.3. The van der Waals surface area contributed by atoms with E-state index in [1.165, 1.54) is 250 Å². The molecule has 1 unspecified atom stereocenters. The molecule has 0 aliphatic carbocycles. The minimum Gasteiger partial charge on any atom is -0.462 e. The van der Waals surface area contributed by atoms with E-state index in [0.29, 0.717) is 19.3 Å². The standard InChI is InChI=1S/C66H124O6/c1-4-7-10-13-16-19-22-25-28-30-31-32-33-34-35-36-39-41-44-47-50-53-56-59-65(68)71-62-63(61-70-64(67)58-55-52-49-46-43-40-37-27-24-21-18-15-12-9-6-3)72-66(69)60-57-54-51-48-45-42-38-29-26-23-20-17-14-11-8-5-2/h27,29,37-38,63H,4-26,28,30-36,39-62H2,1-3H3/b37-27-,38-29-. The van der Waals surface area contributed by atoms with Crippen LogP contribution in [-0.2, 0) is 28.6 Å². The summed E-state index contributed by atoms with van der Waals surface area (Å²) < 4.78 is 16.9. The van der Waals surface area contributed by atoms with Crippen molar-refractivity contribution in [3.05, 3.63) is 24.3 Å². The van der Waals surface area contributed by atoms with E-state index in [4.69, 9.17) is 14.2 Å². The van der Waals surface area contributed by atoms with E-state index in [1.54, 1.807) is 0 Å². The molecule has 6 nitrogen and oxygen atoms in total. The third kappa shape index (κ3) is 58.8. The van der Waals surface area contributed by atoms with Crippen LogP contribution in [0.5, 0.6) is 0 Å². The number of esters is 3. The fourth-order valence-corrected chi connectivity index (χ4v) is 9.79. The van der Waals surface area contributed by atoms with Crippen molar-refractivity contribution in [3.63, 3.8) is 0 Å². The molecule has 0 amide bonds. The van der Waals surface area contributed by atoms with Gasteiger partial charge in [-0.05, 0) is 70.6 Å². The smallest absolute Gasteiger partial charge is 0.306 e. The van der Waals surface area contributed by atoms with Gasteiger partial charge in [-0.2, -0.15) is 0 Å². The van der Waals surface area contributed by atoms with E-state index >= 15 is 0 Å². The van der Waals surface area contributed by atoms with Crippen LogP contribution in [0.2, 0.25) is 0 Å². The van der Waals surface area contributed by atoms with Gasteiger partial charge in [0.15, 0.2) is 6.10 Å². The Kier molecular flexibility index (Phi) is 59.6. The Morgan fingerprint density at radius 2 is 0.458 bits per heavy atom. The fourth-order valence-electron chi connectivity index (χ4n) is 9.79. The number of allylic oxidation sites excluding steroid dienone is 4. The molecular weight excluding hydrogens is 889 g/mol. The summed E-state index contributed by atoms with van der Waals surface area (Å²) in [7, 11) is 0. The van der Waals surface area contributed by atoms with Gasteiger partial charge in [0.2, 0.25) is 0 Å². The summed E-state index contributed by atoms with van der Waals surface area (Å²) in [5.74, 6) is -0.864. The highest BCUT2D eigenvalue weighted by atomic mass is 16.6. The zero-order valence-electron chi connectivity index (χ0n) is 48.7. The second-order valence-corrected chi connectivity index (χ2v) is 22.0. The van der Waals surface area contributed by atoms with Gasteiger partial charge in [-0.3, -0.25) is 14.4 Å². The Labute approximate surface area is 449 Å². The van der Waals surface area contributed by atoms with E-state index in [9.17, 15) is 14.4 Å². The lowest BCUT2D eigenvalue weighted by molar-refractivity contribution is -0.167. The first-order valence-corrected chi connectivity index (χ1v) is 32.3. The lowest BCUT2D eigenvalue weighted by atomic mass is 10.0. The Balaban J connectivity index is 4.28. The summed E-state index contributed by atoms with van der Waals surface area (Å²) in [4.78, 5) is 38.3. The van der Waals surface area contributed by atoms with Gasteiger partial charge in [0.05, 0.1) is 0 Å². The lowest BCUT2D eigenvalue weighted by Gasteiger charge is -2.18. The van der Waals surface area contributed by atoms with Gasteiger partial charge < -0.3 is 14.2 Å². The van der Waals surface area contributed by atoms with Crippen molar-refractivity contribution in [2.45, 2.75) is 367 Å². The van der Waals surface area contributed by atoms with Crippen molar-refractivity contribution in [1.82, 2.24) is 0 Å². The predicted molar refractivity (Wildman–Crippen MR) is 312 cm³/mol. The van der Waals surface area contributed by atoms with Gasteiger partial charge in [0, 0.05) is 19.3 Å². The van der Waals surface area contributed by atoms with E-state index < -0.39 is 6.10 Å². The van der Waals surface area contributed by atoms with Crippen LogP contribution in [0.1, 0.15) is 361 Å². The molecule has 0 saturated heterocycles. The van der Waals surface area contributed by atoms with Gasteiger partial charge in [-0.1, -0.05) is 295 Å². The molecule has 0 N–H and O–H groups in total. The van der Waals surface area contributed by atoms with E-state index in [2.05, 4.69) is 45.1 Å². The van der Waals surface area contributed by atoms with Gasteiger partial charge in [-0.25, -0.2) is 0 Å². The number of rotatable bonds is 60. The summed E-state index contributed by atoms with van der Waals surface area (Å²) in [5, 5.41) is 0. The minimum atomic E-state index is -0.776. The summed E-state index contributed by atoms with van der Waals surface area (Å²) >= 11 is 0. The van der Waals surface area contributed by atoms with Crippen molar-refractivity contribution in [3.8, 4) is 0 Å². The molecule has 0 radical (unpaired) electrons. The summed E-state index contributed by atoms with van der Waals surface area (Å²) in [6.45, 7) is 6.68. The van der Waals surface area contributed by atoms with Crippen molar-refractivity contribution < 1.29 is 28.6 Å². The van der Waals surface area contributed by atoms with Crippen LogP contribution < -0.4 is 0 Å². The quantitative estimate of drug-likeness (QED) is 0.0261. The van der Waals surface area contributed by atoms with Crippen molar-refractivity contribution in [1.29, 1.82) is 0 Å². The molecular formula is C66H124O6. The van der Waals surface area contributed by atoms with Crippen LogP contribution in [0.25, 0.3) is 0 Å². The SMILES string of the molecule is CCCCCCCC/C=C\CCCCCCCC(=O)OCC(COC(=O)CCCCCCCCCCCCCCCCCCCCCCCCC)OC(=O)CCCCCCC/C=C\CCCCCCCCC. The molecule has 0 aliphatic heterocycles. The molecule has 0 aromatic heterocycles. The average Bonchev–Trinajstić information content (AvgIpc) is 3.38. The van der Waals surface area contributed by atoms with Crippen LogP contribution in [0.15, 0.2) is 24.3 Å². The average molecular weight is 1010 g/mol. The number of carbonyl (C=O) groups excluding carboxylic acids is 3. The normalized spacial score (nSPS) is 12.1. The molecule has 0 bridgehead atoms. The summed E-state index contributed by atoms with van der Waals surface area (Å²) in [6, 6.07) is 0. The maximum atomic E-state index is 12.9. The maximum Gasteiger partial charge on any atom is 0.306 e. The Morgan fingerprint density at radius 1 is 0.264 bits per heavy atom. The van der Waals surface area contributed by atoms with Crippen LogP contribution in [0.3, 0.4) is 0 Å². The maximum absolute atomic E-state index is 12.9. The zero-order chi connectivity index (χ0) is 52.2. The van der Waals surface area contributed by atoms with Crippen molar-refractivity contribution in [2.24, 2.45) is 0 Å². The molecule has 0 rings (SSSR count). The number of carbonyl (C=O) groups is 3. The monoisotopic (exact) mass is 1010 g/mol. The number of hydrogen-bond donors (Lipinski definition) is 0. The molecule has 0 saturated carbocycles. The highest BCUT2D eigenvalue weighted by Crippen LogP contribution is 2.18. The van der Waals surface area contributed by atoms with E-state index in [-0.39, 0.29) is 31.1 Å². The molecule has 0 aliphatic rings. The number of hydrogen-bond acceptors (Lipinski definition) is 6. The molecule has 0 aromatic carbocycles. The molecule has 424 valence electrons. The minimum absolute atomic E-state index is 0.0723. The first kappa shape index (κ1) is 69.9. The fraction of sp³-hybridized carbons (Fsp3) is 0.894. The number of ether oxygens (including phenoxy) is 3. The number of unbranched alkanes of at least 4 members (excludes halogenated alkanes) is 45. The van der Waals surface area contributed by atoms with Gasteiger partial charge in [0.1, 0.15) is 13.2 Å². The van der Waals surface area contributed by atoms with Crippen molar-refractivity contribution in [2.75, 3.05) is 13.2 Å². The predicted octanol–water partition coefficient (Wildman–Crippen LogP) is 21.8. The Morgan fingerprint density at radius 3 is 0.694 bits per heavy atom. The molecule has 72 heavy (non-hydrogen) atoms. The third-order valence-corrected chi connectivity index (χ3v) is 14.7. The Bertz CT molecular complexity index is 1160. The third-order valence-electron chi connectivity index (χ3n) is 14.7. The van der Waals surface area contributed by atoms with Crippen LogP contribution >= 0.6 is 0 Å². The highest BCUT2D eigenvalue weighted by molar-refractivity contribution is 5.71. The van der Waals surface area contributed by atoms with Crippen molar-refractivity contribution >= 4 is 17.9 Å². The molecule has 6 heteroatoms. The lowest BCUT2D eigenvalue weighted by Crippen LogP contribution is -2.30. The first-order valence-electron chi connectivity index (χ1n) is 32.3. The molecule has 0 heterocycles. The van der Waals surface area contributed by atoms with Crippen LogP contribution in [-0.4, -0.2) is 37.2 Å². The second-order valence-electron chi connectivity index (χ2n) is 22.0. The van der Waals surface area contributed by atoms with E-state index in [1.807, 2.05) is 0 Å². The topological polar surface area (TPSA) is 78.9 Å². The summed E-state index contributed by atoms with van der Waals surface area (Å²) in [5.41, 5.74) is 0. The first-order chi connectivity index (χ1) is 35.5. The zero-order valence-corrected chi connectivity index (χ0v) is 48.7. The van der Waals surface area contributed by atoms with Gasteiger partial charge in [-0.15, -0.1) is 0 Å². The Hall–Kier alpha value is -2.11.